The highest BCUT2D eigenvalue weighted by molar-refractivity contribution is 7.92. The Labute approximate surface area is 192 Å². The summed E-state index contributed by atoms with van der Waals surface area (Å²) in [5, 5.41) is 0. The van der Waals surface area contributed by atoms with Gasteiger partial charge in [-0.1, -0.05) is 18.2 Å². The van der Waals surface area contributed by atoms with Crippen molar-refractivity contribution in [3.63, 3.8) is 0 Å². The van der Waals surface area contributed by atoms with Crippen molar-refractivity contribution in [2.75, 3.05) is 32.1 Å². The van der Waals surface area contributed by atoms with Crippen LogP contribution in [0.25, 0.3) is 0 Å². The summed E-state index contributed by atoms with van der Waals surface area (Å²) < 4.78 is 44.4. The molecule has 0 radical (unpaired) electrons. The maximum absolute atomic E-state index is 12.9. The average molecular weight is 469 g/mol. The maximum atomic E-state index is 12.9. The van der Waals surface area contributed by atoms with Crippen LogP contribution in [-0.4, -0.2) is 46.6 Å². The molecule has 0 aromatic heterocycles. The Kier molecular flexibility index (Phi) is 6.41. The number of ether oxygens (including phenoxy) is 3. The van der Waals surface area contributed by atoms with Gasteiger partial charge in [0.05, 0.1) is 12.0 Å². The van der Waals surface area contributed by atoms with Gasteiger partial charge in [0.1, 0.15) is 19.0 Å². The van der Waals surface area contributed by atoms with Crippen LogP contribution in [-0.2, 0) is 16.6 Å². The van der Waals surface area contributed by atoms with Crippen LogP contribution in [0.3, 0.4) is 0 Å². The Bertz CT molecular complexity index is 1260. The average Bonchev–Trinajstić information content (AvgIpc) is 2.83. The van der Waals surface area contributed by atoms with E-state index in [-0.39, 0.29) is 16.5 Å². The van der Waals surface area contributed by atoms with Gasteiger partial charge in [0.15, 0.2) is 11.5 Å². The smallest absolute Gasteiger partial charge is 0.262 e. The summed E-state index contributed by atoms with van der Waals surface area (Å²) in [5.41, 5.74) is 1.60. The van der Waals surface area contributed by atoms with Crippen molar-refractivity contribution in [2.24, 2.45) is 0 Å². The molecular weight excluding hydrogens is 444 g/mol. The first-order valence-electron chi connectivity index (χ1n) is 10.3. The van der Waals surface area contributed by atoms with Crippen molar-refractivity contribution in [1.29, 1.82) is 0 Å². The molecule has 1 amide bonds. The second-order valence-corrected chi connectivity index (χ2v) is 9.18. The highest BCUT2D eigenvalue weighted by atomic mass is 32.2. The second kappa shape index (κ2) is 9.41. The van der Waals surface area contributed by atoms with Crippen LogP contribution in [0.1, 0.15) is 15.9 Å². The van der Waals surface area contributed by atoms with Crippen LogP contribution in [0.15, 0.2) is 71.6 Å². The van der Waals surface area contributed by atoms with E-state index >= 15 is 0 Å². The van der Waals surface area contributed by atoms with Crippen LogP contribution in [0.5, 0.6) is 17.2 Å². The van der Waals surface area contributed by atoms with E-state index in [1.54, 1.807) is 43.3 Å². The molecule has 0 saturated heterocycles. The van der Waals surface area contributed by atoms with Crippen molar-refractivity contribution in [3.8, 4) is 17.2 Å². The number of hydrogen-bond acceptors (Lipinski definition) is 6. The van der Waals surface area contributed by atoms with Gasteiger partial charge in [-0.25, -0.2) is 8.42 Å². The van der Waals surface area contributed by atoms with Gasteiger partial charge in [-0.15, -0.1) is 0 Å². The number of nitrogens with one attached hydrogen (secondary N) is 1. The minimum atomic E-state index is -3.89. The third-order valence-electron chi connectivity index (χ3n) is 5.11. The number of sulfonamides is 1. The molecule has 8 nitrogen and oxygen atoms in total. The zero-order valence-corrected chi connectivity index (χ0v) is 19.1. The number of benzene rings is 3. The van der Waals surface area contributed by atoms with Gasteiger partial charge in [0.2, 0.25) is 0 Å². The van der Waals surface area contributed by atoms with Crippen LogP contribution < -0.4 is 18.9 Å². The summed E-state index contributed by atoms with van der Waals surface area (Å²) in [5.74, 6) is 1.40. The largest absolute Gasteiger partial charge is 0.497 e. The lowest BCUT2D eigenvalue weighted by Crippen LogP contribution is -2.26. The van der Waals surface area contributed by atoms with Gasteiger partial charge in [0.25, 0.3) is 15.9 Å². The Morgan fingerprint density at radius 3 is 2.45 bits per heavy atom. The fourth-order valence-electron chi connectivity index (χ4n) is 3.42. The van der Waals surface area contributed by atoms with Crippen LogP contribution in [0.2, 0.25) is 0 Å². The fourth-order valence-corrected chi connectivity index (χ4v) is 4.48. The van der Waals surface area contributed by atoms with Crippen LogP contribution in [0, 0.1) is 0 Å². The van der Waals surface area contributed by atoms with Gasteiger partial charge in [-0.3, -0.25) is 9.52 Å². The van der Waals surface area contributed by atoms with E-state index in [0.717, 1.165) is 11.3 Å². The lowest BCUT2D eigenvalue weighted by molar-refractivity contribution is 0.0785. The first-order chi connectivity index (χ1) is 15.9. The van der Waals surface area contributed by atoms with Gasteiger partial charge in [-0.2, -0.15) is 0 Å². The molecule has 4 rings (SSSR count). The summed E-state index contributed by atoms with van der Waals surface area (Å²) >= 11 is 0. The Morgan fingerprint density at radius 2 is 1.73 bits per heavy atom. The number of methoxy groups -OCH3 is 1. The monoisotopic (exact) mass is 468 g/mol. The van der Waals surface area contributed by atoms with Crippen molar-refractivity contribution in [3.05, 3.63) is 77.9 Å². The van der Waals surface area contributed by atoms with E-state index in [0.29, 0.717) is 36.8 Å². The van der Waals surface area contributed by atoms with E-state index < -0.39 is 10.0 Å². The van der Waals surface area contributed by atoms with Gasteiger partial charge < -0.3 is 19.1 Å². The van der Waals surface area contributed by atoms with Crippen LogP contribution in [0.4, 0.5) is 5.69 Å². The topological polar surface area (TPSA) is 94.2 Å². The van der Waals surface area contributed by atoms with Crippen molar-refractivity contribution >= 4 is 21.6 Å². The van der Waals surface area contributed by atoms with E-state index in [1.165, 1.54) is 18.2 Å². The van der Waals surface area contributed by atoms with Gasteiger partial charge >= 0.3 is 0 Å². The van der Waals surface area contributed by atoms with E-state index in [4.69, 9.17) is 14.2 Å². The lowest BCUT2D eigenvalue weighted by Gasteiger charge is -2.19. The molecule has 1 aliphatic heterocycles. The van der Waals surface area contributed by atoms with Crippen molar-refractivity contribution in [2.45, 2.75) is 11.4 Å². The van der Waals surface area contributed by atoms with Gasteiger partial charge in [-0.05, 0) is 48.0 Å². The summed E-state index contributed by atoms with van der Waals surface area (Å²) in [4.78, 5) is 14.5. The standard InChI is InChI=1S/C24H24N2O6S/c1-26(16-17-6-8-20(30-2)9-7-17)24(27)18-4-3-5-19(14-18)25-33(28,29)21-10-11-22-23(15-21)32-13-12-31-22/h3-11,14-15,25H,12-13,16H2,1-2H3. The molecule has 1 aliphatic rings. The molecular formula is C24H24N2O6S. The number of rotatable bonds is 7. The molecule has 1 heterocycles. The zero-order valence-electron chi connectivity index (χ0n) is 18.3. The summed E-state index contributed by atoms with van der Waals surface area (Å²) in [7, 11) is -0.597. The molecule has 0 atom stereocenters. The van der Waals surface area contributed by atoms with Crippen molar-refractivity contribution in [1.82, 2.24) is 4.90 Å². The molecule has 33 heavy (non-hydrogen) atoms. The predicted molar refractivity (Wildman–Crippen MR) is 123 cm³/mol. The molecule has 0 aliphatic carbocycles. The number of amides is 1. The quantitative estimate of drug-likeness (QED) is 0.570. The molecule has 0 fully saturated rings. The minimum absolute atomic E-state index is 0.0418. The Hall–Kier alpha value is -3.72. The Balaban J connectivity index is 1.48. The number of carbonyl (C=O) groups is 1. The third-order valence-corrected chi connectivity index (χ3v) is 6.49. The zero-order chi connectivity index (χ0) is 23.4. The normalized spacial score (nSPS) is 12.7. The minimum Gasteiger partial charge on any atom is -0.497 e. The molecule has 3 aromatic rings. The number of anilines is 1. The molecule has 1 N–H and O–H groups in total. The molecule has 0 saturated carbocycles. The number of fused-ring (bicyclic) bond motifs is 1. The highest BCUT2D eigenvalue weighted by Crippen LogP contribution is 2.32. The second-order valence-electron chi connectivity index (χ2n) is 7.50. The molecule has 9 heteroatoms. The Morgan fingerprint density at radius 1 is 1.00 bits per heavy atom. The molecule has 0 bridgehead atoms. The van der Waals surface area contributed by atoms with E-state index in [9.17, 15) is 13.2 Å². The highest BCUT2D eigenvalue weighted by Gasteiger charge is 2.20. The molecule has 172 valence electrons. The number of carbonyl (C=O) groups excluding carboxylic acids is 1. The molecule has 0 unspecified atom stereocenters. The summed E-state index contributed by atoms with van der Waals surface area (Å²) in [6, 6.07) is 18.3. The fraction of sp³-hybridized carbons (Fsp3) is 0.208. The van der Waals surface area contributed by atoms with E-state index in [2.05, 4.69) is 4.72 Å². The van der Waals surface area contributed by atoms with Gasteiger partial charge in [0, 0.05) is 30.9 Å². The predicted octanol–water partition coefficient (Wildman–Crippen LogP) is 3.54. The number of hydrogen-bond donors (Lipinski definition) is 1. The third kappa shape index (κ3) is 5.20. The molecule has 3 aromatic carbocycles. The lowest BCUT2D eigenvalue weighted by atomic mass is 10.1. The first-order valence-corrected chi connectivity index (χ1v) is 11.7. The summed E-state index contributed by atoms with van der Waals surface area (Å²) in [6.45, 7) is 1.18. The molecule has 0 spiro atoms. The summed E-state index contributed by atoms with van der Waals surface area (Å²) in [6.07, 6.45) is 0. The maximum Gasteiger partial charge on any atom is 0.262 e. The van der Waals surface area contributed by atoms with Crippen LogP contribution >= 0.6 is 0 Å². The SMILES string of the molecule is COc1ccc(CN(C)C(=O)c2cccc(NS(=O)(=O)c3ccc4c(c3)OCCO4)c2)cc1. The first kappa shape index (κ1) is 22.5. The van der Waals surface area contributed by atoms with Crippen molar-refractivity contribution < 1.29 is 27.4 Å². The number of nitrogens with zero attached hydrogens (tertiary/aromatic N) is 1. The van der Waals surface area contributed by atoms with E-state index in [1.807, 2.05) is 24.3 Å².